The number of rotatable bonds is 6. The van der Waals surface area contributed by atoms with E-state index in [9.17, 15) is 8.42 Å². The maximum Gasteiger partial charge on any atom is 0.156 e. The normalized spacial score (nSPS) is 23.9. The molecule has 5 heteroatoms. The molecule has 4 nitrogen and oxygen atoms in total. The summed E-state index contributed by atoms with van der Waals surface area (Å²) in [4.78, 5) is 0. The van der Waals surface area contributed by atoms with Gasteiger partial charge in [0.05, 0.1) is 17.1 Å². The topological polar surface area (TPSA) is 55.4 Å². The predicted octanol–water partition coefficient (Wildman–Crippen LogP) is 0.967. The van der Waals surface area contributed by atoms with Gasteiger partial charge in [-0.2, -0.15) is 0 Å². The highest BCUT2D eigenvalue weighted by molar-refractivity contribution is 7.92. The van der Waals surface area contributed by atoms with E-state index in [-0.39, 0.29) is 17.1 Å². The van der Waals surface area contributed by atoms with E-state index in [4.69, 9.17) is 4.74 Å². The van der Waals surface area contributed by atoms with Crippen LogP contribution in [-0.4, -0.2) is 44.7 Å². The molecule has 1 aliphatic heterocycles. The molecule has 0 saturated carbocycles. The monoisotopic (exact) mass is 249 g/mol. The highest BCUT2D eigenvalue weighted by Gasteiger charge is 2.27. The van der Waals surface area contributed by atoms with Gasteiger partial charge < -0.3 is 10.1 Å². The Bertz CT molecular complexity index is 294. The summed E-state index contributed by atoms with van der Waals surface area (Å²) < 4.78 is 29.3. The second kappa shape index (κ2) is 5.98. The summed E-state index contributed by atoms with van der Waals surface area (Å²) in [6.07, 6.45) is 1.79. The molecule has 2 atom stereocenters. The molecule has 16 heavy (non-hydrogen) atoms. The molecule has 96 valence electrons. The Balaban J connectivity index is 2.42. The molecule has 1 saturated heterocycles. The van der Waals surface area contributed by atoms with Crippen LogP contribution < -0.4 is 5.32 Å². The van der Waals surface area contributed by atoms with Gasteiger partial charge in [0.1, 0.15) is 0 Å². The Morgan fingerprint density at radius 3 is 2.56 bits per heavy atom. The van der Waals surface area contributed by atoms with Crippen molar-refractivity contribution in [3.8, 4) is 0 Å². The molecule has 0 aliphatic carbocycles. The fraction of sp³-hybridized carbons (Fsp3) is 1.00. The number of hydrogen-bond acceptors (Lipinski definition) is 4. The van der Waals surface area contributed by atoms with E-state index in [0.717, 1.165) is 12.8 Å². The molecule has 0 aromatic heterocycles. The highest BCUT2D eigenvalue weighted by atomic mass is 32.2. The molecule has 0 bridgehead atoms. The lowest BCUT2D eigenvalue weighted by atomic mass is 10.3. The largest absolute Gasteiger partial charge is 0.377 e. The fourth-order valence-corrected chi connectivity index (χ4v) is 3.19. The summed E-state index contributed by atoms with van der Waals surface area (Å²) in [7, 11) is -3.03. The van der Waals surface area contributed by atoms with Crippen LogP contribution in [0.15, 0.2) is 0 Å². The van der Waals surface area contributed by atoms with Crippen LogP contribution in [-0.2, 0) is 14.6 Å². The van der Waals surface area contributed by atoms with Crippen molar-refractivity contribution in [2.45, 2.75) is 51.0 Å². The standard InChI is InChI=1S/C11H23NO3S/c1-9(2)12-7-10(3)16(13,14)8-11-5-4-6-15-11/h9-12H,4-8H2,1-3H3. The molecular formula is C11H23NO3S. The van der Waals surface area contributed by atoms with Crippen LogP contribution in [0, 0.1) is 0 Å². The molecule has 2 unspecified atom stereocenters. The molecule has 1 N–H and O–H groups in total. The van der Waals surface area contributed by atoms with Crippen molar-refractivity contribution in [1.82, 2.24) is 5.32 Å². The number of nitrogens with one attached hydrogen (secondary N) is 1. The lowest BCUT2D eigenvalue weighted by Gasteiger charge is -2.17. The first kappa shape index (κ1) is 13.9. The van der Waals surface area contributed by atoms with Crippen LogP contribution in [0.4, 0.5) is 0 Å². The zero-order chi connectivity index (χ0) is 12.2. The first-order valence-electron chi connectivity index (χ1n) is 5.98. The maximum atomic E-state index is 12.0. The Labute approximate surface area is 98.7 Å². The van der Waals surface area contributed by atoms with E-state index in [0.29, 0.717) is 19.2 Å². The molecule has 0 spiro atoms. The van der Waals surface area contributed by atoms with Gasteiger partial charge in [-0.3, -0.25) is 0 Å². The second-order valence-electron chi connectivity index (χ2n) is 4.84. The van der Waals surface area contributed by atoms with Crippen LogP contribution in [0.2, 0.25) is 0 Å². The van der Waals surface area contributed by atoms with Crippen LogP contribution in [0.25, 0.3) is 0 Å². The van der Waals surface area contributed by atoms with Crippen molar-refractivity contribution >= 4 is 9.84 Å². The Morgan fingerprint density at radius 2 is 2.06 bits per heavy atom. The molecule has 0 aromatic carbocycles. The molecule has 1 fully saturated rings. The lowest BCUT2D eigenvalue weighted by molar-refractivity contribution is 0.127. The quantitative estimate of drug-likeness (QED) is 0.762. The zero-order valence-corrected chi connectivity index (χ0v) is 11.2. The third-order valence-corrected chi connectivity index (χ3v) is 5.10. The van der Waals surface area contributed by atoms with Crippen LogP contribution >= 0.6 is 0 Å². The van der Waals surface area contributed by atoms with Crippen LogP contribution in [0.3, 0.4) is 0 Å². The summed E-state index contributed by atoms with van der Waals surface area (Å²) in [6, 6.07) is 0.320. The first-order valence-corrected chi connectivity index (χ1v) is 7.70. The van der Waals surface area contributed by atoms with E-state index >= 15 is 0 Å². The second-order valence-corrected chi connectivity index (χ2v) is 7.30. The van der Waals surface area contributed by atoms with Gasteiger partial charge >= 0.3 is 0 Å². The van der Waals surface area contributed by atoms with Crippen LogP contribution in [0.1, 0.15) is 33.6 Å². The molecule has 0 radical (unpaired) electrons. The minimum Gasteiger partial charge on any atom is -0.377 e. The van der Waals surface area contributed by atoms with E-state index in [2.05, 4.69) is 5.32 Å². The van der Waals surface area contributed by atoms with Gasteiger partial charge in [0.25, 0.3) is 0 Å². The molecule has 1 aliphatic rings. The van der Waals surface area contributed by atoms with Gasteiger partial charge in [0.2, 0.25) is 0 Å². The average molecular weight is 249 g/mol. The zero-order valence-electron chi connectivity index (χ0n) is 10.4. The van der Waals surface area contributed by atoms with E-state index in [1.54, 1.807) is 6.92 Å². The van der Waals surface area contributed by atoms with Crippen LogP contribution in [0.5, 0.6) is 0 Å². The molecular weight excluding hydrogens is 226 g/mol. The predicted molar refractivity (Wildman–Crippen MR) is 65.4 cm³/mol. The third kappa shape index (κ3) is 4.39. The van der Waals surface area contributed by atoms with Crippen molar-refractivity contribution < 1.29 is 13.2 Å². The van der Waals surface area contributed by atoms with Gasteiger partial charge in [-0.15, -0.1) is 0 Å². The van der Waals surface area contributed by atoms with Gasteiger partial charge in [0.15, 0.2) is 9.84 Å². The minimum absolute atomic E-state index is 0.0773. The minimum atomic E-state index is -3.03. The highest BCUT2D eigenvalue weighted by Crippen LogP contribution is 2.16. The van der Waals surface area contributed by atoms with Crippen molar-refractivity contribution in [2.24, 2.45) is 0 Å². The van der Waals surface area contributed by atoms with Gasteiger partial charge in [0, 0.05) is 19.2 Å². The fourth-order valence-electron chi connectivity index (χ4n) is 1.73. The number of sulfone groups is 1. The summed E-state index contributed by atoms with van der Waals surface area (Å²) in [5.41, 5.74) is 0. The Morgan fingerprint density at radius 1 is 1.38 bits per heavy atom. The lowest BCUT2D eigenvalue weighted by Crippen LogP contribution is -2.38. The summed E-state index contributed by atoms with van der Waals surface area (Å²) in [5.74, 6) is 0.175. The molecule has 1 rings (SSSR count). The number of ether oxygens (including phenoxy) is 1. The van der Waals surface area contributed by atoms with Crippen molar-refractivity contribution in [3.05, 3.63) is 0 Å². The summed E-state index contributed by atoms with van der Waals surface area (Å²) in [5, 5.41) is 2.82. The maximum absolute atomic E-state index is 12.0. The van der Waals surface area contributed by atoms with Gasteiger partial charge in [-0.05, 0) is 19.8 Å². The SMILES string of the molecule is CC(C)NCC(C)S(=O)(=O)CC1CCCO1. The van der Waals surface area contributed by atoms with Gasteiger partial charge in [-0.25, -0.2) is 8.42 Å². The number of hydrogen-bond donors (Lipinski definition) is 1. The van der Waals surface area contributed by atoms with E-state index in [1.165, 1.54) is 0 Å². The molecule has 1 heterocycles. The van der Waals surface area contributed by atoms with Crippen molar-refractivity contribution in [1.29, 1.82) is 0 Å². The van der Waals surface area contributed by atoms with Gasteiger partial charge in [-0.1, -0.05) is 13.8 Å². The van der Waals surface area contributed by atoms with Crippen molar-refractivity contribution in [2.75, 3.05) is 18.9 Å². The molecule has 0 amide bonds. The third-order valence-electron chi connectivity index (χ3n) is 2.87. The average Bonchev–Trinajstić information content (AvgIpc) is 2.65. The molecule has 0 aromatic rings. The van der Waals surface area contributed by atoms with Crippen molar-refractivity contribution in [3.63, 3.8) is 0 Å². The first-order chi connectivity index (χ1) is 7.42. The summed E-state index contributed by atoms with van der Waals surface area (Å²) in [6.45, 7) is 7.02. The van der Waals surface area contributed by atoms with E-state index < -0.39 is 9.84 Å². The smallest absolute Gasteiger partial charge is 0.156 e. The van der Waals surface area contributed by atoms with E-state index in [1.807, 2.05) is 13.8 Å². The summed E-state index contributed by atoms with van der Waals surface area (Å²) >= 11 is 0. The Kier molecular flexibility index (Phi) is 5.21. The Hall–Kier alpha value is -0.130.